The van der Waals surface area contributed by atoms with Gasteiger partial charge in [0.2, 0.25) is 0 Å². The third kappa shape index (κ3) is 3.96. The number of methoxy groups -OCH3 is 2. The van der Waals surface area contributed by atoms with Crippen molar-refractivity contribution in [3.63, 3.8) is 0 Å². The van der Waals surface area contributed by atoms with E-state index in [1.165, 1.54) is 14.2 Å². The number of amides is 2. The van der Waals surface area contributed by atoms with Gasteiger partial charge in [0.25, 0.3) is 11.1 Å². The smallest absolute Gasteiger partial charge is 0.325 e. The summed E-state index contributed by atoms with van der Waals surface area (Å²) >= 11 is 7.50. The Bertz CT molecular complexity index is 719. The Kier molecular flexibility index (Phi) is 5.88. The second-order valence-electron chi connectivity index (χ2n) is 4.35. The van der Waals surface area contributed by atoms with E-state index in [0.29, 0.717) is 15.8 Å². The van der Waals surface area contributed by atoms with Crippen LogP contribution in [0.2, 0.25) is 0 Å². The van der Waals surface area contributed by atoms with E-state index in [-0.39, 0.29) is 4.91 Å². The van der Waals surface area contributed by atoms with Gasteiger partial charge in [-0.3, -0.25) is 19.3 Å². The van der Waals surface area contributed by atoms with E-state index in [9.17, 15) is 14.4 Å². The molecule has 1 aliphatic rings. The number of esters is 1. The predicted molar refractivity (Wildman–Crippen MR) is 93.1 cm³/mol. The number of carbonyl (C=O) groups is 3. The van der Waals surface area contributed by atoms with Crippen molar-refractivity contribution >= 4 is 66.8 Å². The molecule has 0 bridgehead atoms. The summed E-state index contributed by atoms with van der Waals surface area (Å²) in [4.78, 5) is 36.5. The molecule has 0 radical (unpaired) electrons. The van der Waals surface area contributed by atoms with E-state index < -0.39 is 23.7 Å². The van der Waals surface area contributed by atoms with Crippen LogP contribution >= 0.6 is 43.6 Å². The van der Waals surface area contributed by atoms with Gasteiger partial charge in [0, 0.05) is 10.0 Å². The zero-order valence-electron chi connectivity index (χ0n) is 12.1. The number of nitrogens with zero attached hydrogens (tertiary/aromatic N) is 1. The number of hydrogen-bond acceptors (Lipinski definition) is 6. The van der Waals surface area contributed by atoms with Crippen LogP contribution in [0.15, 0.2) is 26.0 Å². The Morgan fingerprint density at radius 3 is 2.61 bits per heavy atom. The third-order valence-corrected chi connectivity index (χ3v) is 4.87. The van der Waals surface area contributed by atoms with Gasteiger partial charge in [-0.25, -0.2) is 0 Å². The summed E-state index contributed by atoms with van der Waals surface area (Å²) in [5.74, 6) is -0.659. The Labute approximate surface area is 153 Å². The minimum atomic E-state index is -0.656. The van der Waals surface area contributed by atoms with Crippen LogP contribution in [0, 0.1) is 0 Å². The molecule has 2 rings (SSSR count). The maximum Gasteiger partial charge on any atom is 0.325 e. The van der Waals surface area contributed by atoms with Crippen LogP contribution in [-0.2, 0) is 14.3 Å². The molecule has 1 saturated heterocycles. The number of halogens is 2. The van der Waals surface area contributed by atoms with Gasteiger partial charge in [-0.05, 0) is 45.9 Å². The van der Waals surface area contributed by atoms with Gasteiger partial charge in [0.1, 0.15) is 12.3 Å². The van der Waals surface area contributed by atoms with Gasteiger partial charge in [-0.2, -0.15) is 0 Å². The second-order valence-corrected chi connectivity index (χ2v) is 7.12. The molecule has 1 aliphatic heterocycles. The molecule has 1 fully saturated rings. The standard InChI is InChI=1S/C14H11Br2NO5S/c1-21-11(18)6-17-13(19)10(23-14(17)20)4-7-3-8(15)5-9(16)12(7)22-2/h3-5H,6H2,1-2H3/b10-4-. The summed E-state index contributed by atoms with van der Waals surface area (Å²) in [6, 6.07) is 3.57. The van der Waals surface area contributed by atoms with Gasteiger partial charge in [-0.1, -0.05) is 15.9 Å². The zero-order chi connectivity index (χ0) is 17.1. The molecule has 0 atom stereocenters. The normalized spacial score (nSPS) is 16.2. The average molecular weight is 465 g/mol. The molecule has 9 heteroatoms. The lowest BCUT2D eigenvalue weighted by atomic mass is 10.2. The summed E-state index contributed by atoms with van der Waals surface area (Å²) in [5.41, 5.74) is 0.623. The molecule has 0 unspecified atom stereocenters. The van der Waals surface area contributed by atoms with Crippen molar-refractivity contribution in [3.05, 3.63) is 31.5 Å². The van der Waals surface area contributed by atoms with Gasteiger partial charge >= 0.3 is 5.97 Å². The van der Waals surface area contributed by atoms with E-state index in [4.69, 9.17) is 4.74 Å². The summed E-state index contributed by atoms with van der Waals surface area (Å²) in [6.45, 7) is -0.405. The third-order valence-electron chi connectivity index (χ3n) is 2.92. The van der Waals surface area contributed by atoms with Crippen molar-refractivity contribution in [3.8, 4) is 5.75 Å². The molecule has 1 aromatic carbocycles. The van der Waals surface area contributed by atoms with Crippen molar-refractivity contribution < 1.29 is 23.9 Å². The maximum atomic E-state index is 12.3. The molecular weight excluding hydrogens is 454 g/mol. The topological polar surface area (TPSA) is 72.9 Å². The molecule has 23 heavy (non-hydrogen) atoms. The maximum absolute atomic E-state index is 12.3. The van der Waals surface area contributed by atoms with E-state index in [0.717, 1.165) is 21.1 Å². The quantitative estimate of drug-likeness (QED) is 0.502. The minimum absolute atomic E-state index is 0.210. The van der Waals surface area contributed by atoms with Crippen molar-refractivity contribution in [2.45, 2.75) is 0 Å². The van der Waals surface area contributed by atoms with Crippen molar-refractivity contribution in [1.82, 2.24) is 4.90 Å². The SMILES string of the molecule is COC(=O)CN1C(=O)S/C(=C\c2cc(Br)cc(Br)c2OC)C1=O. The molecule has 0 aromatic heterocycles. The minimum Gasteiger partial charge on any atom is -0.495 e. The Balaban J connectivity index is 2.36. The number of imide groups is 1. The first-order chi connectivity index (χ1) is 10.9. The zero-order valence-corrected chi connectivity index (χ0v) is 16.1. The van der Waals surface area contributed by atoms with Crippen LogP contribution in [-0.4, -0.2) is 42.8 Å². The number of hydrogen-bond donors (Lipinski definition) is 0. The molecule has 1 aromatic rings. The summed E-state index contributed by atoms with van der Waals surface area (Å²) in [7, 11) is 2.70. The van der Waals surface area contributed by atoms with Gasteiger partial charge in [-0.15, -0.1) is 0 Å². The van der Waals surface area contributed by atoms with E-state index in [2.05, 4.69) is 36.6 Å². The highest BCUT2D eigenvalue weighted by molar-refractivity contribution is 9.11. The molecule has 0 spiro atoms. The monoisotopic (exact) mass is 463 g/mol. The van der Waals surface area contributed by atoms with Crippen molar-refractivity contribution in [2.24, 2.45) is 0 Å². The summed E-state index contributed by atoms with van der Waals surface area (Å²) in [5, 5.41) is -0.514. The molecule has 122 valence electrons. The van der Waals surface area contributed by atoms with Crippen molar-refractivity contribution in [1.29, 1.82) is 0 Å². The number of benzene rings is 1. The Hall–Kier alpha value is -1.32. The molecule has 6 nitrogen and oxygen atoms in total. The lowest BCUT2D eigenvalue weighted by molar-refractivity contribution is -0.143. The van der Waals surface area contributed by atoms with Crippen LogP contribution in [0.25, 0.3) is 6.08 Å². The van der Waals surface area contributed by atoms with Crippen LogP contribution in [0.5, 0.6) is 5.75 Å². The average Bonchev–Trinajstić information content (AvgIpc) is 2.74. The van der Waals surface area contributed by atoms with Gasteiger partial charge in [0.15, 0.2) is 0 Å². The molecule has 0 aliphatic carbocycles. The first-order valence-electron chi connectivity index (χ1n) is 6.22. The van der Waals surface area contributed by atoms with Crippen LogP contribution in [0.4, 0.5) is 4.79 Å². The first kappa shape index (κ1) is 18.0. The summed E-state index contributed by atoms with van der Waals surface area (Å²) in [6.07, 6.45) is 1.55. The highest BCUT2D eigenvalue weighted by atomic mass is 79.9. The van der Waals surface area contributed by atoms with Gasteiger partial charge < -0.3 is 9.47 Å². The fraction of sp³-hybridized carbons (Fsp3) is 0.214. The number of rotatable bonds is 4. The number of carbonyl (C=O) groups excluding carboxylic acids is 3. The fourth-order valence-corrected chi connectivity index (χ4v) is 4.12. The van der Waals surface area contributed by atoms with Gasteiger partial charge in [0.05, 0.1) is 23.6 Å². The van der Waals surface area contributed by atoms with Crippen LogP contribution in [0.3, 0.4) is 0 Å². The molecular formula is C14H11Br2NO5S. The lowest BCUT2D eigenvalue weighted by Gasteiger charge is -2.10. The second kappa shape index (κ2) is 7.50. The highest BCUT2D eigenvalue weighted by Crippen LogP contribution is 2.37. The largest absolute Gasteiger partial charge is 0.495 e. The Morgan fingerprint density at radius 2 is 2.00 bits per heavy atom. The van der Waals surface area contributed by atoms with E-state index in [1.807, 2.05) is 0 Å². The Morgan fingerprint density at radius 1 is 1.30 bits per heavy atom. The first-order valence-corrected chi connectivity index (χ1v) is 8.62. The van der Waals surface area contributed by atoms with Crippen LogP contribution < -0.4 is 4.74 Å². The molecule has 0 N–H and O–H groups in total. The van der Waals surface area contributed by atoms with Crippen LogP contribution in [0.1, 0.15) is 5.56 Å². The molecule has 2 amide bonds. The highest BCUT2D eigenvalue weighted by Gasteiger charge is 2.36. The van der Waals surface area contributed by atoms with Crippen molar-refractivity contribution in [2.75, 3.05) is 20.8 Å². The molecule has 0 saturated carbocycles. The number of thioether (sulfide) groups is 1. The number of ether oxygens (including phenoxy) is 2. The summed E-state index contributed by atoms with van der Waals surface area (Å²) < 4.78 is 11.3. The molecule has 1 heterocycles. The lowest BCUT2D eigenvalue weighted by Crippen LogP contribution is -2.34. The fourth-order valence-electron chi connectivity index (χ4n) is 1.87. The van der Waals surface area contributed by atoms with E-state index in [1.54, 1.807) is 18.2 Å². The predicted octanol–water partition coefficient (Wildman–Crippen LogP) is 3.43. The van der Waals surface area contributed by atoms with E-state index >= 15 is 0 Å².